The number of ether oxygens (including phenoxy) is 1. The number of benzene rings is 1. The molecule has 1 N–H and O–H groups in total. The van der Waals surface area contributed by atoms with Crippen LogP contribution < -0.4 is 10.2 Å². The monoisotopic (exact) mass is 276 g/mol. The van der Waals surface area contributed by atoms with Crippen LogP contribution >= 0.6 is 0 Å². The van der Waals surface area contributed by atoms with E-state index in [1.165, 1.54) is 17.7 Å². The van der Waals surface area contributed by atoms with E-state index in [1.54, 1.807) is 0 Å². The first kappa shape index (κ1) is 15.3. The van der Waals surface area contributed by atoms with Gasteiger partial charge in [-0.25, -0.2) is 0 Å². The summed E-state index contributed by atoms with van der Waals surface area (Å²) in [7, 11) is 0. The highest BCUT2D eigenvalue weighted by Gasteiger charge is 2.26. The van der Waals surface area contributed by atoms with E-state index in [0.717, 1.165) is 39.3 Å². The second-order valence-electron chi connectivity index (χ2n) is 5.91. The first-order valence-corrected chi connectivity index (χ1v) is 7.83. The lowest BCUT2D eigenvalue weighted by Gasteiger charge is -2.34. The summed E-state index contributed by atoms with van der Waals surface area (Å²) >= 11 is 0. The van der Waals surface area contributed by atoms with Crippen molar-refractivity contribution >= 4 is 5.69 Å². The van der Waals surface area contributed by atoms with E-state index in [0.29, 0.717) is 0 Å². The van der Waals surface area contributed by atoms with Crippen molar-refractivity contribution in [1.29, 1.82) is 0 Å². The van der Waals surface area contributed by atoms with Gasteiger partial charge in [0.1, 0.15) is 0 Å². The Morgan fingerprint density at radius 3 is 2.45 bits per heavy atom. The molecule has 3 nitrogen and oxygen atoms in total. The van der Waals surface area contributed by atoms with Gasteiger partial charge in [-0.15, -0.1) is 0 Å². The van der Waals surface area contributed by atoms with Crippen LogP contribution in [0.3, 0.4) is 0 Å². The fraction of sp³-hybridized carbons (Fsp3) is 0.647. The van der Waals surface area contributed by atoms with Crippen molar-refractivity contribution in [3.63, 3.8) is 0 Å². The molecule has 0 amide bonds. The van der Waals surface area contributed by atoms with Gasteiger partial charge in [0.15, 0.2) is 0 Å². The van der Waals surface area contributed by atoms with Crippen LogP contribution in [0.1, 0.15) is 39.2 Å². The number of hydrogen-bond donors (Lipinski definition) is 1. The topological polar surface area (TPSA) is 24.5 Å². The van der Waals surface area contributed by atoms with E-state index >= 15 is 0 Å². The Morgan fingerprint density at radius 2 is 1.90 bits per heavy atom. The van der Waals surface area contributed by atoms with Gasteiger partial charge in [-0.05, 0) is 51.3 Å². The number of nitrogens with zero attached hydrogens (tertiary/aromatic N) is 1. The largest absolute Gasteiger partial charge is 0.380 e. The van der Waals surface area contributed by atoms with Gasteiger partial charge in [0.2, 0.25) is 0 Å². The lowest BCUT2D eigenvalue weighted by Crippen LogP contribution is -2.48. The van der Waals surface area contributed by atoms with Gasteiger partial charge in [0, 0.05) is 37.5 Å². The van der Waals surface area contributed by atoms with Crippen molar-refractivity contribution in [3.05, 3.63) is 29.8 Å². The number of nitrogens with one attached hydrogen (secondary N) is 1. The van der Waals surface area contributed by atoms with Crippen molar-refractivity contribution < 1.29 is 4.74 Å². The maximum atomic E-state index is 5.58. The lowest BCUT2D eigenvalue weighted by atomic mass is 9.94. The quantitative estimate of drug-likeness (QED) is 0.863. The van der Waals surface area contributed by atoms with Gasteiger partial charge in [0.05, 0.1) is 6.61 Å². The summed E-state index contributed by atoms with van der Waals surface area (Å²) in [5, 5.41) is 3.65. The molecule has 0 radical (unpaired) electrons. The molecule has 1 unspecified atom stereocenters. The minimum Gasteiger partial charge on any atom is -0.380 e. The molecule has 1 saturated heterocycles. The van der Waals surface area contributed by atoms with Crippen LogP contribution in [0.5, 0.6) is 0 Å². The van der Waals surface area contributed by atoms with Crippen LogP contribution in [-0.2, 0) is 11.3 Å². The predicted octanol–water partition coefficient (Wildman–Crippen LogP) is 3.19. The smallest absolute Gasteiger partial charge is 0.0645 e. The average Bonchev–Trinajstić information content (AvgIpc) is 2.48. The summed E-state index contributed by atoms with van der Waals surface area (Å²) in [4.78, 5) is 2.37. The molecule has 1 aromatic carbocycles. The van der Waals surface area contributed by atoms with Crippen LogP contribution in [0.4, 0.5) is 5.69 Å². The molecule has 20 heavy (non-hydrogen) atoms. The van der Waals surface area contributed by atoms with Gasteiger partial charge in [-0.1, -0.05) is 12.1 Å². The normalized spacial score (nSPS) is 22.8. The third-order valence-electron chi connectivity index (χ3n) is 4.22. The maximum absolute atomic E-state index is 5.58. The average molecular weight is 276 g/mol. The molecule has 3 heteroatoms. The molecule has 1 heterocycles. The first-order chi connectivity index (χ1) is 9.67. The van der Waals surface area contributed by atoms with Crippen LogP contribution in [0.2, 0.25) is 0 Å². The fourth-order valence-corrected chi connectivity index (χ4v) is 2.80. The molecule has 0 bridgehead atoms. The Labute approximate surface area is 123 Å². The molecule has 2 rings (SSSR count). The van der Waals surface area contributed by atoms with Gasteiger partial charge < -0.3 is 15.0 Å². The van der Waals surface area contributed by atoms with Crippen LogP contribution in [0, 0.1) is 0 Å². The molecule has 0 aliphatic carbocycles. The summed E-state index contributed by atoms with van der Waals surface area (Å²) in [5.41, 5.74) is 2.79. The Hall–Kier alpha value is -1.06. The second-order valence-corrected chi connectivity index (χ2v) is 5.91. The summed E-state index contributed by atoms with van der Waals surface area (Å²) in [5.74, 6) is 0. The van der Waals surface area contributed by atoms with Gasteiger partial charge in [-0.2, -0.15) is 0 Å². The van der Waals surface area contributed by atoms with Crippen molar-refractivity contribution in [3.8, 4) is 0 Å². The molecular weight excluding hydrogens is 248 g/mol. The summed E-state index contributed by atoms with van der Waals surface area (Å²) in [6, 6.07) is 8.91. The fourth-order valence-electron chi connectivity index (χ4n) is 2.80. The van der Waals surface area contributed by atoms with Crippen LogP contribution in [0.25, 0.3) is 0 Å². The molecule has 0 saturated carbocycles. The number of anilines is 1. The number of hydrogen-bond acceptors (Lipinski definition) is 3. The van der Waals surface area contributed by atoms with Crippen molar-refractivity contribution in [2.75, 3.05) is 31.2 Å². The first-order valence-electron chi connectivity index (χ1n) is 7.83. The molecule has 1 aliphatic heterocycles. The van der Waals surface area contributed by atoms with E-state index in [4.69, 9.17) is 4.74 Å². The Morgan fingerprint density at radius 1 is 1.20 bits per heavy atom. The van der Waals surface area contributed by atoms with Crippen molar-refractivity contribution in [1.82, 2.24) is 5.32 Å². The van der Waals surface area contributed by atoms with Gasteiger partial charge in [-0.3, -0.25) is 0 Å². The van der Waals surface area contributed by atoms with Crippen molar-refractivity contribution in [2.45, 2.75) is 45.7 Å². The highest BCUT2D eigenvalue weighted by Crippen LogP contribution is 2.20. The number of rotatable bonds is 6. The highest BCUT2D eigenvalue weighted by atomic mass is 16.5. The highest BCUT2D eigenvalue weighted by molar-refractivity contribution is 5.47. The SMILES string of the molecule is CCN(CC)c1ccc(CNC2(C)CCCOC2)cc1. The van der Waals surface area contributed by atoms with Gasteiger partial charge >= 0.3 is 0 Å². The Balaban J connectivity index is 1.90. The van der Waals surface area contributed by atoms with Crippen LogP contribution in [-0.4, -0.2) is 31.8 Å². The molecule has 1 aromatic rings. The van der Waals surface area contributed by atoms with E-state index in [9.17, 15) is 0 Å². The molecule has 1 atom stereocenters. The second kappa shape index (κ2) is 7.09. The Bertz CT molecular complexity index is 392. The van der Waals surface area contributed by atoms with Crippen molar-refractivity contribution in [2.24, 2.45) is 0 Å². The van der Waals surface area contributed by atoms with Gasteiger partial charge in [0.25, 0.3) is 0 Å². The molecule has 0 aromatic heterocycles. The lowest BCUT2D eigenvalue weighted by molar-refractivity contribution is 0.0278. The summed E-state index contributed by atoms with van der Waals surface area (Å²) < 4.78 is 5.58. The minimum atomic E-state index is 0.135. The predicted molar refractivity (Wildman–Crippen MR) is 85.3 cm³/mol. The molecular formula is C17H28N2O. The molecule has 1 fully saturated rings. The summed E-state index contributed by atoms with van der Waals surface area (Å²) in [6.45, 7) is 11.4. The van der Waals surface area contributed by atoms with E-state index in [1.807, 2.05) is 0 Å². The van der Waals surface area contributed by atoms with E-state index < -0.39 is 0 Å². The maximum Gasteiger partial charge on any atom is 0.0645 e. The van der Waals surface area contributed by atoms with E-state index in [-0.39, 0.29) is 5.54 Å². The molecule has 1 aliphatic rings. The zero-order chi connectivity index (χ0) is 14.4. The zero-order valence-corrected chi connectivity index (χ0v) is 13.1. The molecule has 112 valence electrons. The molecule has 0 spiro atoms. The van der Waals surface area contributed by atoms with Crippen LogP contribution in [0.15, 0.2) is 24.3 Å². The summed E-state index contributed by atoms with van der Waals surface area (Å²) in [6.07, 6.45) is 2.36. The Kier molecular flexibility index (Phi) is 5.44. The zero-order valence-electron chi connectivity index (χ0n) is 13.1. The third kappa shape index (κ3) is 3.97. The van der Waals surface area contributed by atoms with E-state index in [2.05, 4.69) is 55.3 Å². The third-order valence-corrected chi connectivity index (χ3v) is 4.22. The minimum absolute atomic E-state index is 0.135. The standard InChI is InChI=1S/C17H28N2O/c1-4-19(5-2)16-9-7-15(8-10-16)13-18-17(3)11-6-12-20-14-17/h7-10,18H,4-6,11-14H2,1-3H3.